The number of pyridine rings is 1. The molecule has 16 heavy (non-hydrogen) atoms. The maximum absolute atomic E-state index is 11.5. The maximum Gasteiger partial charge on any atom is 0.339 e. The van der Waals surface area contributed by atoms with E-state index in [9.17, 15) is 4.79 Å². The van der Waals surface area contributed by atoms with Crippen LogP contribution in [0.3, 0.4) is 0 Å². The second kappa shape index (κ2) is 4.47. The van der Waals surface area contributed by atoms with E-state index < -0.39 is 0 Å². The van der Waals surface area contributed by atoms with Crippen LogP contribution in [0.25, 0.3) is 6.08 Å². The first-order chi connectivity index (χ1) is 7.72. The fraction of sp³-hybridized carbons (Fsp3) is 0.385. The van der Waals surface area contributed by atoms with Crippen molar-refractivity contribution in [2.75, 3.05) is 7.11 Å². The van der Waals surface area contributed by atoms with Crippen molar-refractivity contribution in [3.8, 4) is 0 Å². The van der Waals surface area contributed by atoms with E-state index in [2.05, 4.69) is 11.1 Å². The molecule has 1 aliphatic carbocycles. The van der Waals surface area contributed by atoms with Crippen LogP contribution >= 0.6 is 0 Å². The summed E-state index contributed by atoms with van der Waals surface area (Å²) >= 11 is 0. The molecular weight excluding hydrogens is 202 g/mol. The molecule has 0 fully saturated rings. The topological polar surface area (TPSA) is 39.2 Å². The summed E-state index contributed by atoms with van der Waals surface area (Å²) in [5.74, 6) is -0.305. The summed E-state index contributed by atoms with van der Waals surface area (Å²) in [6.45, 7) is 1.84. The van der Waals surface area contributed by atoms with Crippen molar-refractivity contribution < 1.29 is 9.53 Å². The Hall–Kier alpha value is -1.64. The quantitative estimate of drug-likeness (QED) is 0.678. The monoisotopic (exact) mass is 217 g/mol. The maximum atomic E-state index is 11.5. The molecule has 3 heteroatoms. The van der Waals surface area contributed by atoms with E-state index in [1.165, 1.54) is 7.11 Å². The second-order valence-electron chi connectivity index (χ2n) is 3.95. The van der Waals surface area contributed by atoms with Crippen molar-refractivity contribution in [2.24, 2.45) is 0 Å². The molecule has 0 atom stereocenters. The van der Waals surface area contributed by atoms with Gasteiger partial charge in [0, 0.05) is 0 Å². The van der Waals surface area contributed by atoms with Crippen LogP contribution in [-0.4, -0.2) is 18.1 Å². The summed E-state index contributed by atoms with van der Waals surface area (Å²) in [6.07, 6.45) is 7.32. The second-order valence-corrected chi connectivity index (χ2v) is 3.95. The zero-order chi connectivity index (χ0) is 11.5. The number of allylic oxidation sites excluding steroid dienone is 1. The number of esters is 1. The third kappa shape index (κ3) is 1.98. The van der Waals surface area contributed by atoms with Crippen LogP contribution in [0.4, 0.5) is 0 Å². The average molecular weight is 217 g/mol. The molecule has 0 aliphatic heterocycles. The minimum atomic E-state index is -0.305. The van der Waals surface area contributed by atoms with Gasteiger partial charge in [-0.25, -0.2) is 4.79 Å². The predicted octanol–water partition coefficient (Wildman–Crippen LogP) is 2.53. The van der Waals surface area contributed by atoms with Gasteiger partial charge < -0.3 is 4.74 Å². The Morgan fingerprint density at radius 2 is 2.31 bits per heavy atom. The number of hydrogen-bond donors (Lipinski definition) is 0. The largest absolute Gasteiger partial charge is 0.465 e. The van der Waals surface area contributed by atoms with Crippen LogP contribution in [0.15, 0.2) is 12.1 Å². The number of nitrogens with zero attached hydrogens (tertiary/aromatic N) is 1. The molecule has 1 aromatic heterocycles. The van der Waals surface area contributed by atoms with Crippen molar-refractivity contribution in [2.45, 2.75) is 26.2 Å². The van der Waals surface area contributed by atoms with Crippen molar-refractivity contribution in [3.63, 3.8) is 0 Å². The summed E-state index contributed by atoms with van der Waals surface area (Å²) < 4.78 is 4.74. The van der Waals surface area contributed by atoms with Crippen LogP contribution in [0.2, 0.25) is 0 Å². The summed E-state index contributed by atoms with van der Waals surface area (Å²) in [6, 6.07) is 1.92. The number of rotatable bonds is 1. The smallest absolute Gasteiger partial charge is 0.339 e. The van der Waals surface area contributed by atoms with Gasteiger partial charge in [0.05, 0.1) is 24.1 Å². The van der Waals surface area contributed by atoms with Gasteiger partial charge in [-0.2, -0.15) is 0 Å². The zero-order valence-corrected chi connectivity index (χ0v) is 9.62. The van der Waals surface area contributed by atoms with E-state index in [1.807, 2.05) is 19.1 Å². The number of aryl methyl sites for hydroxylation is 2. The minimum Gasteiger partial charge on any atom is -0.465 e. The van der Waals surface area contributed by atoms with Gasteiger partial charge >= 0.3 is 5.97 Å². The molecule has 1 heterocycles. The Balaban J connectivity index is 2.48. The van der Waals surface area contributed by atoms with Crippen LogP contribution in [0.5, 0.6) is 0 Å². The number of hydrogen-bond acceptors (Lipinski definition) is 3. The predicted molar refractivity (Wildman–Crippen MR) is 62.3 cm³/mol. The van der Waals surface area contributed by atoms with Crippen LogP contribution in [0, 0.1) is 6.92 Å². The van der Waals surface area contributed by atoms with E-state index in [0.29, 0.717) is 5.56 Å². The normalized spacial score (nSPS) is 14.1. The number of carbonyl (C=O) groups is 1. The van der Waals surface area contributed by atoms with Crippen LogP contribution < -0.4 is 0 Å². The molecule has 0 radical (unpaired) electrons. The van der Waals surface area contributed by atoms with Gasteiger partial charge in [0.15, 0.2) is 0 Å². The van der Waals surface area contributed by atoms with Gasteiger partial charge in [0.25, 0.3) is 0 Å². The Labute approximate surface area is 95.2 Å². The average Bonchev–Trinajstić information content (AvgIpc) is 2.51. The Bertz CT molecular complexity index is 449. The summed E-state index contributed by atoms with van der Waals surface area (Å²) in [4.78, 5) is 16.0. The highest BCUT2D eigenvalue weighted by atomic mass is 16.5. The summed E-state index contributed by atoms with van der Waals surface area (Å²) in [5, 5.41) is 0. The molecule has 0 aromatic carbocycles. The van der Waals surface area contributed by atoms with Crippen LogP contribution in [0.1, 0.15) is 40.2 Å². The lowest BCUT2D eigenvalue weighted by Crippen LogP contribution is -2.08. The van der Waals surface area contributed by atoms with Crippen molar-refractivity contribution in [1.29, 1.82) is 0 Å². The van der Waals surface area contributed by atoms with Gasteiger partial charge in [-0.3, -0.25) is 4.98 Å². The molecule has 0 saturated heterocycles. The third-order valence-electron chi connectivity index (χ3n) is 2.82. The molecule has 0 bridgehead atoms. The summed E-state index contributed by atoms with van der Waals surface area (Å²) in [7, 11) is 1.40. The molecule has 0 N–H and O–H groups in total. The van der Waals surface area contributed by atoms with Crippen LogP contribution in [-0.2, 0) is 11.2 Å². The van der Waals surface area contributed by atoms with Gasteiger partial charge in [0.1, 0.15) is 0 Å². The third-order valence-corrected chi connectivity index (χ3v) is 2.82. The molecule has 84 valence electrons. The lowest BCUT2D eigenvalue weighted by atomic mass is 10.0. The molecule has 1 aliphatic rings. The SMILES string of the molecule is COC(=O)c1cc2c(nc1C)C=CCCC2. The molecule has 1 aromatic rings. The highest BCUT2D eigenvalue weighted by molar-refractivity contribution is 5.90. The van der Waals surface area contributed by atoms with Gasteiger partial charge in [-0.1, -0.05) is 6.08 Å². The Kier molecular flexibility index (Phi) is 3.04. The molecule has 0 unspecified atom stereocenters. The number of methoxy groups -OCH3 is 1. The number of aromatic nitrogens is 1. The van der Waals surface area contributed by atoms with Gasteiger partial charge in [-0.05, 0) is 43.9 Å². The lowest BCUT2D eigenvalue weighted by molar-refractivity contribution is 0.0599. The number of ether oxygens (including phenoxy) is 1. The van der Waals surface area contributed by atoms with E-state index in [4.69, 9.17) is 4.74 Å². The first kappa shape index (κ1) is 10.9. The van der Waals surface area contributed by atoms with E-state index in [-0.39, 0.29) is 5.97 Å². The molecule has 2 rings (SSSR count). The Morgan fingerprint density at radius 1 is 1.50 bits per heavy atom. The Morgan fingerprint density at radius 3 is 3.06 bits per heavy atom. The van der Waals surface area contributed by atoms with Crippen molar-refractivity contribution >= 4 is 12.0 Å². The number of carbonyl (C=O) groups excluding carboxylic acids is 1. The van der Waals surface area contributed by atoms with Gasteiger partial charge in [0.2, 0.25) is 0 Å². The number of fused-ring (bicyclic) bond motifs is 1. The van der Waals surface area contributed by atoms with E-state index >= 15 is 0 Å². The first-order valence-corrected chi connectivity index (χ1v) is 5.47. The van der Waals surface area contributed by atoms with Crippen molar-refractivity contribution in [1.82, 2.24) is 4.98 Å². The summed E-state index contributed by atoms with van der Waals surface area (Å²) in [5.41, 5.74) is 3.44. The minimum absolute atomic E-state index is 0.305. The molecule has 0 saturated carbocycles. The standard InChI is InChI=1S/C13H15NO2/c1-9-11(13(15)16-2)8-10-6-4-3-5-7-12(10)14-9/h5,7-8H,3-4,6H2,1-2H3. The fourth-order valence-electron chi connectivity index (χ4n) is 1.93. The molecule has 0 spiro atoms. The highest BCUT2D eigenvalue weighted by Gasteiger charge is 2.14. The molecule has 0 amide bonds. The first-order valence-electron chi connectivity index (χ1n) is 5.47. The van der Waals surface area contributed by atoms with Gasteiger partial charge in [-0.15, -0.1) is 0 Å². The zero-order valence-electron chi connectivity index (χ0n) is 9.62. The van der Waals surface area contributed by atoms with E-state index in [0.717, 1.165) is 36.2 Å². The fourth-order valence-corrected chi connectivity index (χ4v) is 1.93. The van der Waals surface area contributed by atoms with E-state index in [1.54, 1.807) is 0 Å². The lowest BCUT2D eigenvalue weighted by Gasteiger charge is -2.08. The molecule has 3 nitrogen and oxygen atoms in total. The highest BCUT2D eigenvalue weighted by Crippen LogP contribution is 2.20. The molecular formula is C13H15NO2. The van der Waals surface area contributed by atoms with Crippen molar-refractivity contribution in [3.05, 3.63) is 34.7 Å².